The number of nitrogens with zero attached hydrogens (tertiary/aromatic N) is 7. The molecule has 0 unspecified atom stereocenters. The monoisotopic (exact) mass is 516 g/mol. The van der Waals surface area contributed by atoms with Gasteiger partial charge in [0.2, 0.25) is 0 Å². The Morgan fingerprint density at radius 1 is 0.921 bits per heavy atom. The third kappa shape index (κ3) is 5.28. The SMILES string of the molecule is Cc1cc(-c2cnc(N)c(Oc3cnn(C4CCN(C5CCN(C)CC5)CC4)c3)n2)cc2c1CCN(C)C2. The molecule has 3 aliphatic rings. The molecule has 9 nitrogen and oxygen atoms in total. The number of nitrogen functional groups attached to an aromatic ring is 1. The minimum atomic E-state index is 0.280. The first-order valence-electron chi connectivity index (χ1n) is 14.0. The van der Waals surface area contributed by atoms with Gasteiger partial charge in [-0.15, -0.1) is 0 Å². The van der Waals surface area contributed by atoms with E-state index in [4.69, 9.17) is 15.5 Å². The molecule has 0 radical (unpaired) electrons. The van der Waals surface area contributed by atoms with Gasteiger partial charge in [-0.05, 0) is 95.0 Å². The van der Waals surface area contributed by atoms with Crippen LogP contribution in [-0.2, 0) is 13.0 Å². The fraction of sp³-hybridized carbons (Fsp3) is 0.552. The Labute approximate surface area is 225 Å². The highest BCUT2D eigenvalue weighted by atomic mass is 16.5. The van der Waals surface area contributed by atoms with E-state index in [1.807, 2.05) is 6.20 Å². The van der Waals surface area contributed by atoms with Crippen molar-refractivity contribution in [3.8, 4) is 22.9 Å². The van der Waals surface area contributed by atoms with Crippen LogP contribution < -0.4 is 10.5 Å². The van der Waals surface area contributed by atoms with Gasteiger partial charge in [0.15, 0.2) is 11.6 Å². The van der Waals surface area contributed by atoms with Gasteiger partial charge in [-0.25, -0.2) is 9.97 Å². The van der Waals surface area contributed by atoms with E-state index < -0.39 is 0 Å². The third-order valence-corrected chi connectivity index (χ3v) is 8.68. The van der Waals surface area contributed by atoms with Gasteiger partial charge in [0, 0.05) is 37.8 Å². The maximum atomic E-state index is 6.18. The number of ether oxygens (including phenoxy) is 1. The molecule has 202 valence electrons. The lowest BCUT2D eigenvalue weighted by molar-refractivity contribution is 0.0851. The van der Waals surface area contributed by atoms with Crippen molar-refractivity contribution in [2.75, 3.05) is 52.6 Å². The Kier molecular flexibility index (Phi) is 7.07. The summed E-state index contributed by atoms with van der Waals surface area (Å²) in [5.74, 6) is 1.25. The van der Waals surface area contributed by atoms with Crippen molar-refractivity contribution in [3.63, 3.8) is 0 Å². The molecule has 5 heterocycles. The number of hydrogen-bond acceptors (Lipinski definition) is 8. The van der Waals surface area contributed by atoms with Crippen molar-refractivity contribution < 1.29 is 4.74 Å². The molecule has 2 aromatic heterocycles. The number of likely N-dealkylation sites (tertiary alicyclic amines) is 2. The number of likely N-dealkylation sites (N-methyl/N-ethyl adjacent to an activating group) is 1. The summed E-state index contributed by atoms with van der Waals surface area (Å²) in [5.41, 5.74) is 12.1. The number of aromatic nitrogens is 4. The number of aryl methyl sites for hydroxylation is 1. The van der Waals surface area contributed by atoms with Crippen LogP contribution >= 0.6 is 0 Å². The summed E-state index contributed by atoms with van der Waals surface area (Å²) in [6, 6.07) is 5.56. The molecule has 9 heteroatoms. The maximum absolute atomic E-state index is 6.18. The predicted octanol–water partition coefficient (Wildman–Crippen LogP) is 3.74. The molecule has 0 bridgehead atoms. The van der Waals surface area contributed by atoms with Gasteiger partial charge in [-0.2, -0.15) is 5.10 Å². The largest absolute Gasteiger partial charge is 0.433 e. The van der Waals surface area contributed by atoms with Crippen LogP contribution in [0.3, 0.4) is 0 Å². The summed E-state index contributed by atoms with van der Waals surface area (Å²) >= 11 is 0. The summed E-state index contributed by atoms with van der Waals surface area (Å²) in [5, 5.41) is 4.63. The van der Waals surface area contributed by atoms with Crippen molar-refractivity contribution >= 4 is 5.82 Å². The Hall–Kier alpha value is -3.01. The summed E-state index contributed by atoms with van der Waals surface area (Å²) in [6.07, 6.45) is 11.3. The molecule has 38 heavy (non-hydrogen) atoms. The lowest BCUT2D eigenvalue weighted by Crippen LogP contribution is -2.47. The Morgan fingerprint density at radius 3 is 2.47 bits per heavy atom. The van der Waals surface area contributed by atoms with Crippen LogP contribution in [0.1, 0.15) is 48.4 Å². The zero-order valence-corrected chi connectivity index (χ0v) is 22.9. The fourth-order valence-electron chi connectivity index (χ4n) is 6.37. The highest BCUT2D eigenvalue weighted by Gasteiger charge is 2.28. The normalized spacial score (nSPS) is 20.5. The average molecular weight is 517 g/mol. The van der Waals surface area contributed by atoms with Crippen LogP contribution in [0.25, 0.3) is 11.3 Å². The minimum Gasteiger partial charge on any atom is -0.433 e. The smallest absolute Gasteiger partial charge is 0.263 e. The molecule has 1 aromatic carbocycles. The molecule has 0 atom stereocenters. The first-order valence-corrected chi connectivity index (χ1v) is 14.0. The molecular weight excluding hydrogens is 476 g/mol. The number of piperidine rings is 2. The number of benzene rings is 1. The topological polar surface area (TPSA) is 88.6 Å². The number of fused-ring (bicyclic) bond motifs is 1. The van der Waals surface area contributed by atoms with E-state index in [1.54, 1.807) is 12.4 Å². The van der Waals surface area contributed by atoms with Crippen molar-refractivity contribution in [2.45, 2.75) is 57.7 Å². The van der Waals surface area contributed by atoms with Crippen LogP contribution in [0.5, 0.6) is 11.6 Å². The van der Waals surface area contributed by atoms with E-state index in [9.17, 15) is 0 Å². The van der Waals surface area contributed by atoms with Gasteiger partial charge in [0.1, 0.15) is 0 Å². The van der Waals surface area contributed by atoms with Crippen LogP contribution in [0.15, 0.2) is 30.7 Å². The van der Waals surface area contributed by atoms with Crippen LogP contribution in [0.4, 0.5) is 5.82 Å². The second-order valence-corrected chi connectivity index (χ2v) is 11.4. The summed E-state index contributed by atoms with van der Waals surface area (Å²) in [7, 11) is 4.39. The van der Waals surface area contributed by atoms with E-state index >= 15 is 0 Å². The predicted molar refractivity (Wildman–Crippen MR) is 149 cm³/mol. The van der Waals surface area contributed by atoms with E-state index in [0.29, 0.717) is 17.7 Å². The lowest BCUT2D eigenvalue weighted by atomic mass is 9.92. The van der Waals surface area contributed by atoms with Crippen molar-refractivity contribution in [2.24, 2.45) is 0 Å². The van der Waals surface area contributed by atoms with Gasteiger partial charge in [-0.3, -0.25) is 4.68 Å². The van der Waals surface area contributed by atoms with Crippen molar-refractivity contribution in [1.29, 1.82) is 0 Å². The van der Waals surface area contributed by atoms with Crippen molar-refractivity contribution in [1.82, 2.24) is 34.4 Å². The van der Waals surface area contributed by atoms with E-state index in [-0.39, 0.29) is 5.82 Å². The zero-order chi connectivity index (χ0) is 26.2. The standard InChI is InChI=1S/C29H40N8O/c1-20-14-21(15-22-18-35(3)11-8-26(20)22)27-17-31-28(30)29(33-27)38-25-16-32-37(19-25)24-6-12-36(13-7-24)23-4-9-34(2)10-5-23/h14-17,19,23-24H,4-13,18H2,1-3H3,(H2,30,31). The molecule has 0 spiro atoms. The van der Waals surface area contributed by atoms with E-state index in [1.165, 1.54) is 42.6 Å². The number of nitrogens with two attached hydrogens (primary N) is 1. The molecule has 0 aliphatic carbocycles. The first kappa shape index (κ1) is 25.3. The fourth-order valence-corrected chi connectivity index (χ4v) is 6.37. The Bertz CT molecular complexity index is 1270. The molecular formula is C29H40N8O. The molecule has 0 amide bonds. The summed E-state index contributed by atoms with van der Waals surface area (Å²) < 4.78 is 8.18. The van der Waals surface area contributed by atoms with Crippen LogP contribution in [-0.4, -0.2) is 87.3 Å². The van der Waals surface area contributed by atoms with E-state index in [2.05, 4.69) is 62.6 Å². The lowest BCUT2D eigenvalue weighted by Gasteiger charge is -2.41. The van der Waals surface area contributed by atoms with Crippen LogP contribution in [0, 0.1) is 6.92 Å². The minimum absolute atomic E-state index is 0.280. The number of anilines is 1. The second-order valence-electron chi connectivity index (χ2n) is 11.4. The first-order chi connectivity index (χ1) is 18.4. The molecule has 3 aliphatic heterocycles. The number of rotatable bonds is 5. The molecule has 0 saturated carbocycles. The Morgan fingerprint density at radius 2 is 1.68 bits per heavy atom. The summed E-state index contributed by atoms with van der Waals surface area (Å²) in [6.45, 7) is 8.91. The summed E-state index contributed by atoms with van der Waals surface area (Å²) in [4.78, 5) is 16.6. The van der Waals surface area contributed by atoms with Gasteiger partial charge in [-0.1, -0.05) is 0 Å². The third-order valence-electron chi connectivity index (χ3n) is 8.68. The molecule has 3 aromatic rings. The highest BCUT2D eigenvalue weighted by molar-refractivity contribution is 5.64. The number of hydrogen-bond donors (Lipinski definition) is 1. The zero-order valence-electron chi connectivity index (χ0n) is 22.9. The Balaban J connectivity index is 1.13. The van der Waals surface area contributed by atoms with Gasteiger partial charge < -0.3 is 25.2 Å². The molecule has 2 saturated heterocycles. The average Bonchev–Trinajstić information content (AvgIpc) is 3.39. The van der Waals surface area contributed by atoms with Gasteiger partial charge >= 0.3 is 0 Å². The maximum Gasteiger partial charge on any atom is 0.263 e. The second kappa shape index (κ2) is 10.6. The quantitative estimate of drug-likeness (QED) is 0.549. The van der Waals surface area contributed by atoms with Crippen molar-refractivity contribution in [3.05, 3.63) is 47.4 Å². The highest BCUT2D eigenvalue weighted by Crippen LogP contribution is 2.32. The van der Waals surface area contributed by atoms with Gasteiger partial charge in [0.05, 0.1) is 30.3 Å². The van der Waals surface area contributed by atoms with Gasteiger partial charge in [0.25, 0.3) is 5.88 Å². The van der Waals surface area contributed by atoms with E-state index in [0.717, 1.165) is 62.7 Å². The molecule has 6 rings (SSSR count). The molecule has 2 fully saturated rings. The molecule has 2 N–H and O–H groups in total. The van der Waals surface area contributed by atoms with Crippen LogP contribution in [0.2, 0.25) is 0 Å².